The second kappa shape index (κ2) is 11.3. The summed E-state index contributed by atoms with van der Waals surface area (Å²) in [5.41, 5.74) is 15.5. The zero-order chi connectivity index (χ0) is 34.1. The fraction of sp³-hybridized carbons (Fsp3) is 0.0612. The topological polar surface area (TPSA) is 12.5 Å². The molecule has 1 heterocycles. The Morgan fingerprint density at radius 3 is 1.76 bits per heavy atom. The maximum Gasteiger partial charge on any atom is 0.135 e. The molecule has 242 valence electrons. The maximum absolute atomic E-state index is 6.65. The molecule has 0 radical (unpaired) electrons. The van der Waals surface area contributed by atoms with Gasteiger partial charge in [-0.1, -0.05) is 147 Å². The smallest absolute Gasteiger partial charge is 0.135 e. The van der Waals surface area contributed by atoms with Gasteiger partial charge in [-0.05, 0) is 86.8 Å². The summed E-state index contributed by atoms with van der Waals surface area (Å²) >= 11 is 0. The molecule has 0 unspecified atom stereocenters. The van der Waals surface area contributed by atoms with Gasteiger partial charge in [-0.3, -0.25) is 0 Å². The predicted octanol–water partition coefficient (Wildman–Crippen LogP) is 13.7. The van der Waals surface area contributed by atoms with E-state index in [0.717, 1.165) is 45.3 Å². The molecular weight excluding hydrogens is 619 g/mol. The Morgan fingerprint density at radius 1 is 0.412 bits per heavy atom. The summed E-state index contributed by atoms with van der Waals surface area (Å²) in [5, 5.41) is 2.37. The van der Waals surface area contributed by atoms with Gasteiger partial charge in [-0.25, -0.2) is 0 Å². The normalized spacial score (nSPS) is 13.2. The first-order valence-electron chi connectivity index (χ1n) is 17.7. The molecule has 2 aliphatic rings. The van der Waals surface area contributed by atoms with Gasteiger partial charge in [0.15, 0.2) is 0 Å². The highest BCUT2D eigenvalue weighted by Gasteiger charge is 2.36. The molecule has 0 bridgehead atoms. The third-order valence-corrected chi connectivity index (χ3v) is 10.9. The van der Waals surface area contributed by atoms with Gasteiger partial charge in [-0.2, -0.15) is 0 Å². The minimum absolute atomic E-state index is 0.124. The highest BCUT2D eigenvalue weighted by Crippen LogP contribution is 2.54. The zero-order valence-corrected chi connectivity index (χ0v) is 28.6. The van der Waals surface area contributed by atoms with Crippen molar-refractivity contribution in [2.45, 2.75) is 19.3 Å². The molecule has 2 heteroatoms. The number of fused-ring (bicyclic) bond motifs is 10. The van der Waals surface area contributed by atoms with E-state index in [2.05, 4.69) is 195 Å². The highest BCUT2D eigenvalue weighted by atomic mass is 16.5. The maximum atomic E-state index is 6.65. The van der Waals surface area contributed by atoms with Gasteiger partial charge in [0.05, 0.1) is 5.69 Å². The molecule has 8 aromatic rings. The van der Waals surface area contributed by atoms with Crippen LogP contribution in [0, 0.1) is 0 Å². The molecule has 0 N–H and O–H groups in total. The predicted molar refractivity (Wildman–Crippen MR) is 213 cm³/mol. The number of anilines is 3. The van der Waals surface area contributed by atoms with Crippen LogP contribution >= 0.6 is 0 Å². The molecule has 1 aliphatic heterocycles. The van der Waals surface area contributed by atoms with E-state index in [9.17, 15) is 0 Å². The molecule has 1 aliphatic carbocycles. The van der Waals surface area contributed by atoms with Crippen LogP contribution in [0.1, 0.15) is 25.0 Å². The minimum atomic E-state index is -0.124. The summed E-state index contributed by atoms with van der Waals surface area (Å²) in [7, 11) is 0. The lowest BCUT2D eigenvalue weighted by Gasteiger charge is -2.30. The lowest BCUT2D eigenvalue weighted by molar-refractivity contribution is 0.488. The summed E-state index contributed by atoms with van der Waals surface area (Å²) in [6.07, 6.45) is 0. The number of para-hydroxylation sites is 2. The third-order valence-electron chi connectivity index (χ3n) is 10.9. The monoisotopic (exact) mass is 653 g/mol. The van der Waals surface area contributed by atoms with E-state index in [1.807, 2.05) is 0 Å². The van der Waals surface area contributed by atoms with E-state index >= 15 is 0 Å². The summed E-state index contributed by atoms with van der Waals surface area (Å²) in [6, 6.07) is 63.6. The van der Waals surface area contributed by atoms with Gasteiger partial charge in [0.1, 0.15) is 11.5 Å². The lowest BCUT2D eigenvalue weighted by atomic mass is 9.82. The number of hydrogen-bond acceptors (Lipinski definition) is 2. The lowest BCUT2D eigenvalue weighted by Crippen LogP contribution is -2.16. The fourth-order valence-corrected chi connectivity index (χ4v) is 8.39. The Hall–Kier alpha value is -6.38. The van der Waals surface area contributed by atoms with E-state index in [-0.39, 0.29) is 5.41 Å². The summed E-state index contributed by atoms with van der Waals surface area (Å²) < 4.78 is 6.65. The van der Waals surface area contributed by atoms with Crippen LogP contribution in [-0.2, 0) is 5.41 Å². The molecule has 0 spiro atoms. The van der Waals surface area contributed by atoms with Crippen molar-refractivity contribution in [3.63, 3.8) is 0 Å². The first kappa shape index (κ1) is 29.5. The first-order chi connectivity index (χ1) is 25.1. The van der Waals surface area contributed by atoms with Crippen LogP contribution in [0.25, 0.3) is 55.3 Å². The summed E-state index contributed by atoms with van der Waals surface area (Å²) in [6.45, 7) is 4.71. The highest BCUT2D eigenvalue weighted by molar-refractivity contribution is 6.13. The SMILES string of the molecule is CC1(C)c2ccccc2-c2ccc(N(c3ccc(-c4ccccc4)cc3)c3cc4c(c5ccccc35)-c3ccccc3Oc3ccccc3-4)cc21. The molecule has 0 aromatic heterocycles. The van der Waals surface area contributed by atoms with E-state index < -0.39 is 0 Å². The van der Waals surface area contributed by atoms with Crippen molar-refractivity contribution in [3.8, 4) is 56.0 Å². The largest absolute Gasteiger partial charge is 0.456 e. The van der Waals surface area contributed by atoms with Crippen molar-refractivity contribution in [1.29, 1.82) is 0 Å². The molecule has 0 saturated heterocycles. The molecule has 51 heavy (non-hydrogen) atoms. The second-order valence-electron chi connectivity index (χ2n) is 14.1. The molecule has 0 amide bonds. The van der Waals surface area contributed by atoms with Gasteiger partial charge in [0, 0.05) is 38.9 Å². The van der Waals surface area contributed by atoms with Crippen LogP contribution < -0.4 is 9.64 Å². The standard InChI is InChI=1S/C49H35NO/c1-49(2)43-21-11-8-16-36(43)37-29-28-35(30-44(37)49)50(34-26-24-33(25-27-34)32-14-4-3-5-15-32)45-31-42-39-18-9-12-22-46(39)51-47-23-13-10-20-41(47)48(42)40-19-7-6-17-38(40)45/h3-31H,1-2H3. The third kappa shape index (κ3) is 4.57. The molecular formula is C49H35NO. The van der Waals surface area contributed by atoms with Gasteiger partial charge in [0.25, 0.3) is 0 Å². The summed E-state index contributed by atoms with van der Waals surface area (Å²) in [5.74, 6) is 1.73. The molecule has 0 fully saturated rings. The average Bonchev–Trinajstić information content (AvgIpc) is 3.31. The summed E-state index contributed by atoms with van der Waals surface area (Å²) in [4.78, 5) is 2.46. The van der Waals surface area contributed by atoms with Crippen LogP contribution in [-0.4, -0.2) is 0 Å². The van der Waals surface area contributed by atoms with Crippen LogP contribution in [0.5, 0.6) is 11.5 Å². The van der Waals surface area contributed by atoms with E-state index in [1.54, 1.807) is 0 Å². The van der Waals surface area contributed by atoms with Crippen molar-refractivity contribution >= 4 is 27.8 Å². The number of nitrogens with zero attached hydrogens (tertiary/aromatic N) is 1. The van der Waals surface area contributed by atoms with Crippen LogP contribution in [0.15, 0.2) is 176 Å². The van der Waals surface area contributed by atoms with E-state index in [1.165, 1.54) is 49.7 Å². The van der Waals surface area contributed by atoms with Crippen molar-refractivity contribution in [3.05, 3.63) is 187 Å². The molecule has 0 atom stereocenters. The number of ether oxygens (including phenoxy) is 1. The van der Waals surface area contributed by atoms with Gasteiger partial charge in [-0.15, -0.1) is 0 Å². The van der Waals surface area contributed by atoms with Crippen LogP contribution in [0.3, 0.4) is 0 Å². The van der Waals surface area contributed by atoms with Crippen molar-refractivity contribution in [1.82, 2.24) is 0 Å². The number of benzene rings is 8. The van der Waals surface area contributed by atoms with Crippen molar-refractivity contribution in [2.75, 3.05) is 4.90 Å². The van der Waals surface area contributed by atoms with Crippen molar-refractivity contribution < 1.29 is 4.74 Å². The van der Waals surface area contributed by atoms with Crippen LogP contribution in [0.2, 0.25) is 0 Å². The number of hydrogen-bond donors (Lipinski definition) is 0. The first-order valence-corrected chi connectivity index (χ1v) is 17.7. The van der Waals surface area contributed by atoms with Gasteiger partial charge in [0.2, 0.25) is 0 Å². The van der Waals surface area contributed by atoms with Gasteiger partial charge < -0.3 is 9.64 Å². The zero-order valence-electron chi connectivity index (χ0n) is 28.6. The Morgan fingerprint density at radius 2 is 0.980 bits per heavy atom. The van der Waals surface area contributed by atoms with Crippen molar-refractivity contribution in [2.24, 2.45) is 0 Å². The molecule has 10 rings (SSSR count). The molecule has 2 nitrogen and oxygen atoms in total. The fourth-order valence-electron chi connectivity index (χ4n) is 8.39. The number of rotatable bonds is 4. The van der Waals surface area contributed by atoms with Crippen LogP contribution in [0.4, 0.5) is 17.1 Å². The Balaban J connectivity index is 1.26. The quantitative estimate of drug-likeness (QED) is 0.187. The van der Waals surface area contributed by atoms with E-state index in [0.29, 0.717) is 0 Å². The Labute approximate surface area is 298 Å². The Kier molecular flexibility index (Phi) is 6.56. The molecule has 0 saturated carbocycles. The van der Waals surface area contributed by atoms with E-state index in [4.69, 9.17) is 4.74 Å². The van der Waals surface area contributed by atoms with Gasteiger partial charge >= 0.3 is 0 Å². The average molecular weight is 654 g/mol. The second-order valence-corrected chi connectivity index (χ2v) is 14.1. The Bertz CT molecular complexity index is 2630. The minimum Gasteiger partial charge on any atom is -0.456 e. The molecule has 8 aromatic carbocycles.